The molecule has 0 amide bonds. The number of pyridine rings is 1. The molecule has 0 bridgehead atoms. The van der Waals surface area contributed by atoms with Crippen LogP contribution in [0.5, 0.6) is 0 Å². The number of hydrogen-bond acceptors (Lipinski definition) is 3. The van der Waals surface area contributed by atoms with E-state index in [9.17, 15) is 0 Å². The zero-order valence-corrected chi connectivity index (χ0v) is 22.5. The Bertz CT molecular complexity index is 1760. The molecule has 0 spiro atoms. The molecule has 0 radical (unpaired) electrons. The van der Waals surface area contributed by atoms with Gasteiger partial charge in [-0.1, -0.05) is 85.8 Å². The Morgan fingerprint density at radius 2 is 1.57 bits per heavy atom. The SMILES string of the molecule is C=CC1C(C)c2ccccc2N1c1ccc(C2=CC(c3cccc4ccccc34)=CC(c3ccncc3)N2)cc1. The van der Waals surface area contributed by atoms with Crippen LogP contribution in [-0.4, -0.2) is 11.0 Å². The number of allylic oxidation sites excluding steroid dienone is 2. The molecule has 4 aromatic carbocycles. The number of para-hydroxylation sites is 1. The van der Waals surface area contributed by atoms with Gasteiger partial charge in [0.25, 0.3) is 0 Å². The molecule has 0 fully saturated rings. The van der Waals surface area contributed by atoms with E-state index in [1.165, 1.54) is 44.4 Å². The van der Waals surface area contributed by atoms with E-state index in [0.29, 0.717) is 5.92 Å². The third-order valence-corrected chi connectivity index (χ3v) is 8.32. The van der Waals surface area contributed by atoms with Crippen molar-refractivity contribution in [2.24, 2.45) is 0 Å². The lowest BCUT2D eigenvalue weighted by molar-refractivity contribution is 0.697. The summed E-state index contributed by atoms with van der Waals surface area (Å²) in [5.41, 5.74) is 9.72. The largest absolute Gasteiger partial charge is 0.374 e. The van der Waals surface area contributed by atoms with Gasteiger partial charge in [-0.25, -0.2) is 0 Å². The van der Waals surface area contributed by atoms with Gasteiger partial charge in [0.05, 0.1) is 12.1 Å². The second-order valence-electron chi connectivity index (χ2n) is 10.6. The summed E-state index contributed by atoms with van der Waals surface area (Å²) in [5.74, 6) is 0.394. The summed E-state index contributed by atoms with van der Waals surface area (Å²) in [5, 5.41) is 6.30. The van der Waals surface area contributed by atoms with Gasteiger partial charge in [0, 0.05) is 35.4 Å². The Hall–Kier alpha value is -4.89. The lowest BCUT2D eigenvalue weighted by Crippen LogP contribution is -2.27. The van der Waals surface area contributed by atoms with Crippen LogP contribution in [-0.2, 0) is 0 Å². The van der Waals surface area contributed by atoms with Crippen molar-refractivity contribution in [2.75, 3.05) is 4.90 Å². The Morgan fingerprint density at radius 3 is 2.40 bits per heavy atom. The molecule has 40 heavy (non-hydrogen) atoms. The van der Waals surface area contributed by atoms with Crippen LogP contribution in [0, 0.1) is 0 Å². The first-order valence-electron chi connectivity index (χ1n) is 13.9. The number of dihydropyridines is 1. The highest BCUT2D eigenvalue weighted by Gasteiger charge is 2.34. The number of fused-ring (bicyclic) bond motifs is 2. The monoisotopic (exact) mass is 517 g/mol. The van der Waals surface area contributed by atoms with Gasteiger partial charge in [0.15, 0.2) is 0 Å². The van der Waals surface area contributed by atoms with Crippen molar-refractivity contribution in [3.05, 3.63) is 163 Å². The third kappa shape index (κ3) is 4.11. The lowest BCUT2D eigenvalue weighted by atomic mass is 9.91. The summed E-state index contributed by atoms with van der Waals surface area (Å²) < 4.78 is 0. The number of nitrogens with zero attached hydrogens (tertiary/aromatic N) is 2. The van der Waals surface area contributed by atoms with Crippen molar-refractivity contribution in [1.82, 2.24) is 10.3 Å². The van der Waals surface area contributed by atoms with E-state index in [0.717, 1.165) is 11.3 Å². The standard InChI is InChI=1S/C37H31N3/c1-3-36-25(2)31-11-6-7-14-37(31)40(36)30-17-15-27(16-18-30)34-23-29(24-35(39-34)28-19-21-38-22-20-28)33-13-8-10-26-9-4-5-12-32(26)33/h3-25,35-36,39H,1H2,2H3. The van der Waals surface area contributed by atoms with Crippen LogP contribution in [0.1, 0.15) is 41.1 Å². The van der Waals surface area contributed by atoms with Crippen molar-refractivity contribution < 1.29 is 0 Å². The van der Waals surface area contributed by atoms with E-state index in [4.69, 9.17) is 0 Å². The average molecular weight is 518 g/mol. The highest BCUT2D eigenvalue weighted by molar-refractivity contribution is 5.99. The lowest BCUT2D eigenvalue weighted by Gasteiger charge is -2.28. The molecule has 3 heteroatoms. The first-order chi connectivity index (χ1) is 19.7. The van der Waals surface area contributed by atoms with E-state index < -0.39 is 0 Å². The number of aromatic nitrogens is 1. The quantitative estimate of drug-likeness (QED) is 0.236. The Balaban J connectivity index is 1.29. The van der Waals surface area contributed by atoms with Gasteiger partial charge in [-0.2, -0.15) is 0 Å². The maximum absolute atomic E-state index is 4.24. The van der Waals surface area contributed by atoms with E-state index in [1.807, 2.05) is 12.4 Å². The highest BCUT2D eigenvalue weighted by Crippen LogP contribution is 2.45. The Morgan fingerprint density at radius 1 is 0.825 bits per heavy atom. The number of anilines is 2. The molecular weight excluding hydrogens is 486 g/mol. The van der Waals surface area contributed by atoms with Gasteiger partial charge in [-0.05, 0) is 81.1 Å². The molecular formula is C37H31N3. The molecule has 3 nitrogen and oxygen atoms in total. The first kappa shape index (κ1) is 24.2. The molecule has 5 aromatic rings. The predicted molar refractivity (Wildman–Crippen MR) is 167 cm³/mol. The normalized spacial score (nSPS) is 19.9. The predicted octanol–water partition coefficient (Wildman–Crippen LogP) is 8.81. The number of nitrogens with one attached hydrogen (secondary N) is 1. The Kier molecular flexibility index (Phi) is 6.05. The molecule has 0 saturated heterocycles. The van der Waals surface area contributed by atoms with Crippen LogP contribution >= 0.6 is 0 Å². The summed E-state index contributed by atoms with van der Waals surface area (Å²) >= 11 is 0. The molecule has 194 valence electrons. The second kappa shape index (κ2) is 10.0. The van der Waals surface area contributed by atoms with Gasteiger partial charge in [-0.3, -0.25) is 4.98 Å². The molecule has 7 rings (SSSR count). The maximum Gasteiger partial charge on any atom is 0.0708 e. The van der Waals surface area contributed by atoms with Gasteiger partial charge >= 0.3 is 0 Å². The third-order valence-electron chi connectivity index (χ3n) is 8.32. The topological polar surface area (TPSA) is 28.2 Å². The van der Waals surface area contributed by atoms with Crippen LogP contribution < -0.4 is 10.2 Å². The van der Waals surface area contributed by atoms with E-state index >= 15 is 0 Å². The summed E-state index contributed by atoms with van der Waals surface area (Å²) in [6.45, 7) is 6.46. The average Bonchev–Trinajstić information content (AvgIpc) is 3.32. The zero-order chi connectivity index (χ0) is 27.1. The molecule has 2 aliphatic heterocycles. The van der Waals surface area contributed by atoms with E-state index in [-0.39, 0.29) is 12.1 Å². The van der Waals surface area contributed by atoms with Crippen molar-refractivity contribution in [1.29, 1.82) is 0 Å². The summed E-state index contributed by atoms with van der Waals surface area (Å²) in [7, 11) is 0. The van der Waals surface area contributed by atoms with Crippen molar-refractivity contribution in [2.45, 2.75) is 24.9 Å². The van der Waals surface area contributed by atoms with Gasteiger partial charge in [0.2, 0.25) is 0 Å². The van der Waals surface area contributed by atoms with Crippen molar-refractivity contribution in [3.8, 4) is 0 Å². The van der Waals surface area contributed by atoms with E-state index in [1.54, 1.807) is 0 Å². The molecule has 1 N–H and O–H groups in total. The number of hydrogen-bond donors (Lipinski definition) is 1. The molecule has 3 heterocycles. The fraction of sp³-hybridized carbons (Fsp3) is 0.108. The van der Waals surface area contributed by atoms with Crippen LogP contribution in [0.4, 0.5) is 11.4 Å². The summed E-state index contributed by atoms with van der Waals surface area (Å²) in [4.78, 5) is 6.66. The smallest absolute Gasteiger partial charge is 0.0708 e. The fourth-order valence-electron chi connectivity index (χ4n) is 6.28. The fourth-order valence-corrected chi connectivity index (χ4v) is 6.28. The van der Waals surface area contributed by atoms with E-state index in [2.05, 4.69) is 150 Å². The van der Waals surface area contributed by atoms with Crippen molar-refractivity contribution >= 4 is 33.4 Å². The maximum atomic E-state index is 4.24. The zero-order valence-electron chi connectivity index (χ0n) is 22.5. The molecule has 1 aromatic heterocycles. The number of benzene rings is 4. The minimum absolute atomic E-state index is 0.0353. The second-order valence-corrected chi connectivity index (χ2v) is 10.6. The summed E-state index contributed by atoms with van der Waals surface area (Å²) in [6.07, 6.45) is 10.4. The van der Waals surface area contributed by atoms with Gasteiger partial charge in [0.1, 0.15) is 0 Å². The molecule has 0 saturated carbocycles. The highest BCUT2D eigenvalue weighted by atomic mass is 15.2. The van der Waals surface area contributed by atoms with Crippen molar-refractivity contribution in [3.63, 3.8) is 0 Å². The minimum Gasteiger partial charge on any atom is -0.374 e. The van der Waals surface area contributed by atoms with Crippen LogP contribution in [0.3, 0.4) is 0 Å². The van der Waals surface area contributed by atoms with Gasteiger partial charge in [-0.15, -0.1) is 6.58 Å². The molecule has 0 aliphatic carbocycles. The molecule has 3 atom stereocenters. The molecule has 3 unspecified atom stereocenters. The molecule has 2 aliphatic rings. The van der Waals surface area contributed by atoms with Crippen LogP contribution in [0.25, 0.3) is 22.0 Å². The van der Waals surface area contributed by atoms with Gasteiger partial charge < -0.3 is 10.2 Å². The Labute approximate surface area is 235 Å². The van der Waals surface area contributed by atoms with Crippen LogP contribution in [0.2, 0.25) is 0 Å². The summed E-state index contributed by atoms with van der Waals surface area (Å²) in [6, 6.07) is 37.2. The minimum atomic E-state index is 0.0353. The first-order valence-corrected chi connectivity index (χ1v) is 13.9. The number of rotatable bonds is 5. The van der Waals surface area contributed by atoms with Crippen LogP contribution in [0.15, 0.2) is 140 Å².